The molecular formula is C17H19NO3S. The van der Waals surface area contributed by atoms with Crippen molar-refractivity contribution in [2.45, 2.75) is 12.8 Å². The maximum atomic E-state index is 12.0. The van der Waals surface area contributed by atoms with Crippen molar-refractivity contribution in [1.82, 2.24) is 4.90 Å². The van der Waals surface area contributed by atoms with Crippen LogP contribution in [0.3, 0.4) is 0 Å². The summed E-state index contributed by atoms with van der Waals surface area (Å²) in [5.41, 5.74) is 0. The largest absolute Gasteiger partial charge is 0.492 e. The predicted molar refractivity (Wildman–Crippen MR) is 87.5 cm³/mol. The lowest BCUT2D eigenvalue weighted by Crippen LogP contribution is -2.31. The van der Waals surface area contributed by atoms with Gasteiger partial charge in [0.2, 0.25) is 5.91 Å². The number of carbonyl (C=O) groups is 2. The molecule has 1 amide bonds. The van der Waals surface area contributed by atoms with Crippen molar-refractivity contribution in [3.8, 4) is 5.75 Å². The summed E-state index contributed by atoms with van der Waals surface area (Å²) in [5, 5.41) is 1.86. The van der Waals surface area contributed by atoms with E-state index in [1.807, 2.05) is 41.8 Å². The predicted octanol–water partition coefficient (Wildman–Crippen LogP) is 3.25. The Labute approximate surface area is 134 Å². The van der Waals surface area contributed by atoms with E-state index in [9.17, 15) is 9.59 Å². The Kier molecular flexibility index (Phi) is 6.15. The number of carbonyl (C=O) groups excluding carboxylic acids is 2. The van der Waals surface area contributed by atoms with Gasteiger partial charge < -0.3 is 9.64 Å². The van der Waals surface area contributed by atoms with E-state index >= 15 is 0 Å². The molecule has 0 saturated heterocycles. The molecule has 2 aromatic rings. The van der Waals surface area contributed by atoms with Crippen LogP contribution in [-0.4, -0.2) is 36.8 Å². The number of ether oxygens (including phenoxy) is 1. The van der Waals surface area contributed by atoms with E-state index in [0.29, 0.717) is 18.0 Å². The van der Waals surface area contributed by atoms with Gasteiger partial charge in [0.25, 0.3) is 0 Å². The number of nitrogens with zero attached hydrogens (tertiary/aromatic N) is 1. The van der Waals surface area contributed by atoms with Gasteiger partial charge in [0.05, 0.1) is 11.4 Å². The van der Waals surface area contributed by atoms with Gasteiger partial charge in [0.1, 0.15) is 12.4 Å². The lowest BCUT2D eigenvalue weighted by atomic mass is 10.2. The monoisotopic (exact) mass is 317 g/mol. The Morgan fingerprint density at radius 1 is 1.09 bits per heavy atom. The standard InChI is InChI=1S/C17H19NO3S/c1-18(11-12-21-14-6-3-2-4-7-14)17(20)10-9-15(19)16-8-5-13-22-16/h2-8,13H,9-12H2,1H3. The molecule has 116 valence electrons. The molecule has 0 radical (unpaired) electrons. The molecule has 0 fully saturated rings. The third-order valence-corrected chi connectivity index (χ3v) is 4.14. The molecule has 0 atom stereocenters. The van der Waals surface area contributed by atoms with Crippen molar-refractivity contribution in [3.05, 3.63) is 52.7 Å². The van der Waals surface area contributed by atoms with Gasteiger partial charge in [-0.1, -0.05) is 24.3 Å². The molecule has 0 unspecified atom stereocenters. The van der Waals surface area contributed by atoms with Crippen molar-refractivity contribution < 1.29 is 14.3 Å². The molecule has 4 nitrogen and oxygen atoms in total. The number of benzene rings is 1. The number of likely N-dealkylation sites (N-methyl/N-ethyl adjacent to an activating group) is 1. The van der Waals surface area contributed by atoms with E-state index < -0.39 is 0 Å². The quantitative estimate of drug-likeness (QED) is 0.702. The van der Waals surface area contributed by atoms with Crippen LogP contribution < -0.4 is 4.74 Å². The van der Waals surface area contributed by atoms with Crippen LogP contribution in [0.2, 0.25) is 0 Å². The summed E-state index contributed by atoms with van der Waals surface area (Å²) in [5.74, 6) is 0.773. The van der Waals surface area contributed by atoms with Gasteiger partial charge in [-0.05, 0) is 23.6 Å². The minimum atomic E-state index is -0.0402. The molecule has 0 aliphatic carbocycles. The van der Waals surface area contributed by atoms with Crippen molar-refractivity contribution in [1.29, 1.82) is 0 Å². The first kappa shape index (κ1) is 16.2. The number of amides is 1. The Bertz CT molecular complexity index is 596. The molecule has 22 heavy (non-hydrogen) atoms. The van der Waals surface area contributed by atoms with E-state index in [-0.39, 0.29) is 24.5 Å². The average Bonchev–Trinajstić information content (AvgIpc) is 3.07. The summed E-state index contributed by atoms with van der Waals surface area (Å²) in [6.07, 6.45) is 0.488. The minimum Gasteiger partial charge on any atom is -0.492 e. The summed E-state index contributed by atoms with van der Waals surface area (Å²) in [6.45, 7) is 0.937. The molecule has 1 aromatic heterocycles. The summed E-state index contributed by atoms with van der Waals surface area (Å²) in [7, 11) is 1.73. The zero-order valence-corrected chi connectivity index (χ0v) is 13.3. The lowest BCUT2D eigenvalue weighted by molar-refractivity contribution is -0.130. The first-order chi connectivity index (χ1) is 10.7. The number of hydrogen-bond acceptors (Lipinski definition) is 4. The number of para-hydroxylation sites is 1. The first-order valence-corrected chi connectivity index (χ1v) is 8.03. The van der Waals surface area contributed by atoms with Crippen LogP contribution in [0, 0.1) is 0 Å². The van der Waals surface area contributed by atoms with Gasteiger partial charge in [-0.25, -0.2) is 0 Å². The zero-order valence-electron chi connectivity index (χ0n) is 12.5. The number of hydrogen-bond donors (Lipinski definition) is 0. The molecule has 0 aliphatic heterocycles. The van der Waals surface area contributed by atoms with E-state index in [1.165, 1.54) is 11.3 Å². The second kappa shape index (κ2) is 8.34. The number of ketones is 1. The summed E-state index contributed by atoms with van der Waals surface area (Å²) >= 11 is 1.41. The summed E-state index contributed by atoms with van der Waals surface area (Å²) in [4.78, 5) is 26.1. The van der Waals surface area contributed by atoms with Gasteiger partial charge in [-0.3, -0.25) is 9.59 Å². The molecule has 0 bridgehead atoms. The number of Topliss-reactive ketones (excluding diaryl/α,β-unsaturated/α-hetero) is 1. The molecule has 1 heterocycles. The average molecular weight is 317 g/mol. The minimum absolute atomic E-state index is 0.0253. The molecule has 0 spiro atoms. The van der Waals surface area contributed by atoms with Gasteiger partial charge >= 0.3 is 0 Å². The third kappa shape index (κ3) is 5.00. The van der Waals surface area contributed by atoms with Crippen LogP contribution in [0.15, 0.2) is 47.8 Å². The van der Waals surface area contributed by atoms with E-state index in [1.54, 1.807) is 18.0 Å². The molecule has 0 N–H and O–H groups in total. The van der Waals surface area contributed by atoms with Crippen molar-refractivity contribution >= 4 is 23.0 Å². The zero-order chi connectivity index (χ0) is 15.8. The van der Waals surface area contributed by atoms with Gasteiger partial charge in [0.15, 0.2) is 5.78 Å². The Hall–Kier alpha value is -2.14. The highest BCUT2D eigenvalue weighted by Crippen LogP contribution is 2.13. The van der Waals surface area contributed by atoms with Crippen LogP contribution in [0.5, 0.6) is 5.75 Å². The van der Waals surface area contributed by atoms with Crippen LogP contribution in [-0.2, 0) is 4.79 Å². The van der Waals surface area contributed by atoms with Crippen molar-refractivity contribution in [3.63, 3.8) is 0 Å². The maximum absolute atomic E-state index is 12.0. The Balaban J connectivity index is 1.67. The second-order valence-electron chi connectivity index (χ2n) is 4.88. The highest BCUT2D eigenvalue weighted by molar-refractivity contribution is 7.12. The molecule has 5 heteroatoms. The first-order valence-electron chi connectivity index (χ1n) is 7.15. The third-order valence-electron chi connectivity index (χ3n) is 3.23. The topological polar surface area (TPSA) is 46.6 Å². The van der Waals surface area contributed by atoms with Crippen molar-refractivity contribution in [2.24, 2.45) is 0 Å². The summed E-state index contributed by atoms with van der Waals surface area (Å²) < 4.78 is 5.55. The maximum Gasteiger partial charge on any atom is 0.222 e. The second-order valence-corrected chi connectivity index (χ2v) is 5.82. The van der Waals surface area contributed by atoms with Gasteiger partial charge in [0, 0.05) is 19.9 Å². The fraction of sp³-hybridized carbons (Fsp3) is 0.294. The molecule has 0 saturated carbocycles. The molecular weight excluding hydrogens is 298 g/mol. The fourth-order valence-corrected chi connectivity index (χ4v) is 2.61. The normalized spacial score (nSPS) is 10.2. The highest BCUT2D eigenvalue weighted by Gasteiger charge is 2.13. The number of thiophene rings is 1. The van der Waals surface area contributed by atoms with Gasteiger partial charge in [-0.15, -0.1) is 11.3 Å². The number of rotatable bonds is 8. The highest BCUT2D eigenvalue weighted by atomic mass is 32.1. The van der Waals surface area contributed by atoms with Crippen LogP contribution in [0.25, 0.3) is 0 Å². The van der Waals surface area contributed by atoms with Crippen LogP contribution >= 0.6 is 11.3 Å². The Morgan fingerprint density at radius 2 is 1.86 bits per heavy atom. The molecule has 0 aliphatic rings. The fourth-order valence-electron chi connectivity index (χ4n) is 1.91. The smallest absolute Gasteiger partial charge is 0.222 e. The lowest BCUT2D eigenvalue weighted by Gasteiger charge is -2.17. The van der Waals surface area contributed by atoms with E-state index in [2.05, 4.69) is 0 Å². The van der Waals surface area contributed by atoms with Gasteiger partial charge in [-0.2, -0.15) is 0 Å². The Morgan fingerprint density at radius 3 is 2.55 bits per heavy atom. The van der Waals surface area contributed by atoms with Crippen LogP contribution in [0.1, 0.15) is 22.5 Å². The SMILES string of the molecule is CN(CCOc1ccccc1)C(=O)CCC(=O)c1cccs1. The van der Waals surface area contributed by atoms with Crippen LogP contribution in [0.4, 0.5) is 0 Å². The summed E-state index contributed by atoms with van der Waals surface area (Å²) in [6, 6.07) is 13.1. The van der Waals surface area contributed by atoms with E-state index in [4.69, 9.17) is 4.74 Å². The molecule has 2 rings (SSSR count). The molecule has 1 aromatic carbocycles. The van der Waals surface area contributed by atoms with Crippen molar-refractivity contribution in [2.75, 3.05) is 20.2 Å². The van der Waals surface area contributed by atoms with E-state index in [0.717, 1.165) is 5.75 Å².